The predicted molar refractivity (Wildman–Crippen MR) is 69.1 cm³/mol. The summed E-state index contributed by atoms with van der Waals surface area (Å²) in [7, 11) is -3.27. The number of rotatable bonds is 4. The molecular weight excluding hydrogens is 244 g/mol. The van der Waals surface area contributed by atoms with Crippen molar-refractivity contribution in [2.45, 2.75) is 4.90 Å². The van der Waals surface area contributed by atoms with E-state index in [1.807, 2.05) is 0 Å². The Labute approximate surface area is 100 Å². The molecule has 0 heterocycles. The lowest BCUT2D eigenvalue weighted by atomic mass is 10.3. The molecular formula is C10H12N2O2S2. The molecule has 0 aliphatic heterocycles. The Kier molecular flexibility index (Phi) is 4.03. The van der Waals surface area contributed by atoms with Crippen LogP contribution in [0, 0.1) is 0 Å². The minimum atomic E-state index is -3.27. The molecule has 0 amide bonds. The van der Waals surface area contributed by atoms with E-state index in [9.17, 15) is 8.42 Å². The number of benzene rings is 1. The number of hydrogen-bond acceptors (Lipinski definition) is 3. The maximum atomic E-state index is 11.6. The van der Waals surface area contributed by atoms with Crippen LogP contribution in [0.15, 0.2) is 41.8 Å². The van der Waals surface area contributed by atoms with Crippen LogP contribution in [0.4, 0.5) is 5.69 Å². The zero-order chi connectivity index (χ0) is 12.2. The highest BCUT2D eigenvalue weighted by Crippen LogP contribution is 2.15. The zero-order valence-corrected chi connectivity index (χ0v) is 10.1. The van der Waals surface area contributed by atoms with E-state index in [0.29, 0.717) is 5.69 Å². The van der Waals surface area contributed by atoms with Gasteiger partial charge in [0.25, 0.3) is 0 Å². The van der Waals surface area contributed by atoms with E-state index in [2.05, 4.69) is 24.1 Å². The fourth-order valence-corrected chi connectivity index (χ4v) is 2.31. The van der Waals surface area contributed by atoms with Gasteiger partial charge in [0, 0.05) is 5.69 Å². The van der Waals surface area contributed by atoms with Crippen LogP contribution in [-0.2, 0) is 9.84 Å². The zero-order valence-electron chi connectivity index (χ0n) is 8.51. The molecule has 0 saturated heterocycles. The average molecular weight is 256 g/mol. The Balaban J connectivity index is 2.95. The Hall–Kier alpha value is -1.40. The average Bonchev–Trinajstić information content (AvgIpc) is 2.17. The molecule has 6 heteroatoms. The van der Waals surface area contributed by atoms with Crippen LogP contribution in [0.1, 0.15) is 0 Å². The molecule has 16 heavy (non-hydrogen) atoms. The summed E-state index contributed by atoms with van der Waals surface area (Å²) in [6.07, 6.45) is 1.36. The van der Waals surface area contributed by atoms with Crippen LogP contribution < -0.4 is 11.1 Å². The second kappa shape index (κ2) is 5.09. The topological polar surface area (TPSA) is 72.2 Å². The van der Waals surface area contributed by atoms with Crippen molar-refractivity contribution >= 4 is 32.9 Å². The summed E-state index contributed by atoms with van der Waals surface area (Å²) in [6, 6.07) is 6.21. The minimum absolute atomic E-state index is 0.0743. The molecule has 1 aromatic carbocycles. The maximum absolute atomic E-state index is 11.6. The molecule has 0 atom stereocenters. The van der Waals surface area contributed by atoms with Gasteiger partial charge in [0.05, 0.1) is 10.6 Å². The van der Waals surface area contributed by atoms with Crippen LogP contribution in [-0.4, -0.2) is 19.3 Å². The molecule has 0 spiro atoms. The molecule has 1 aromatic rings. The second-order valence-electron chi connectivity index (χ2n) is 3.08. The highest BCUT2D eigenvalue weighted by Gasteiger charge is 2.11. The summed E-state index contributed by atoms with van der Waals surface area (Å²) in [5.41, 5.74) is 5.94. The first-order valence-electron chi connectivity index (χ1n) is 4.46. The van der Waals surface area contributed by atoms with Crippen molar-refractivity contribution in [3.8, 4) is 0 Å². The number of nitrogens with one attached hydrogen (secondary N) is 1. The van der Waals surface area contributed by atoms with Crippen LogP contribution in [0.25, 0.3) is 0 Å². The number of thiocarbonyl (C=S) groups is 1. The van der Waals surface area contributed by atoms with Crippen LogP contribution >= 0.6 is 12.2 Å². The van der Waals surface area contributed by atoms with Crippen LogP contribution in [0.3, 0.4) is 0 Å². The molecule has 1 rings (SSSR count). The van der Waals surface area contributed by atoms with Crippen molar-refractivity contribution in [2.24, 2.45) is 5.73 Å². The second-order valence-corrected chi connectivity index (χ2v) is 5.56. The number of sulfone groups is 1. The van der Waals surface area contributed by atoms with Gasteiger partial charge in [-0.05, 0) is 36.5 Å². The van der Waals surface area contributed by atoms with Gasteiger partial charge < -0.3 is 11.1 Å². The van der Waals surface area contributed by atoms with E-state index in [4.69, 9.17) is 5.73 Å². The lowest BCUT2D eigenvalue weighted by Gasteiger charge is -2.05. The monoisotopic (exact) mass is 256 g/mol. The fraction of sp³-hybridized carbons (Fsp3) is 0.100. The van der Waals surface area contributed by atoms with Crippen molar-refractivity contribution < 1.29 is 8.42 Å². The van der Waals surface area contributed by atoms with Gasteiger partial charge in [0.1, 0.15) is 0 Å². The van der Waals surface area contributed by atoms with Gasteiger partial charge in [-0.15, -0.1) is 6.58 Å². The van der Waals surface area contributed by atoms with Gasteiger partial charge in [-0.1, -0.05) is 6.08 Å². The molecule has 0 aliphatic carbocycles. The molecule has 0 fully saturated rings. The van der Waals surface area contributed by atoms with E-state index in [1.54, 1.807) is 12.1 Å². The van der Waals surface area contributed by atoms with Gasteiger partial charge >= 0.3 is 0 Å². The van der Waals surface area contributed by atoms with Gasteiger partial charge in [0.2, 0.25) is 0 Å². The molecule has 4 nitrogen and oxygen atoms in total. The maximum Gasteiger partial charge on any atom is 0.181 e. The predicted octanol–water partition coefficient (Wildman–Crippen LogP) is 1.30. The molecule has 0 aromatic heterocycles. The molecule has 0 aliphatic rings. The van der Waals surface area contributed by atoms with E-state index in [0.717, 1.165) is 0 Å². The summed E-state index contributed by atoms with van der Waals surface area (Å²) in [4.78, 5) is 0.251. The summed E-state index contributed by atoms with van der Waals surface area (Å²) < 4.78 is 23.2. The molecule has 3 N–H and O–H groups in total. The Morgan fingerprint density at radius 3 is 2.44 bits per heavy atom. The summed E-state index contributed by atoms with van der Waals surface area (Å²) in [5, 5.41) is 2.85. The van der Waals surface area contributed by atoms with Gasteiger partial charge in [0.15, 0.2) is 14.9 Å². The fourth-order valence-electron chi connectivity index (χ4n) is 1.14. The third-order valence-electron chi connectivity index (χ3n) is 1.82. The SMILES string of the molecule is C=CCS(=O)(=O)c1ccc(NC(N)=S)cc1. The van der Waals surface area contributed by atoms with Crippen molar-refractivity contribution in [1.29, 1.82) is 0 Å². The number of nitrogens with two attached hydrogens (primary N) is 1. The summed E-state index contributed by atoms with van der Waals surface area (Å²) in [6.45, 7) is 3.40. The first-order valence-corrected chi connectivity index (χ1v) is 6.52. The van der Waals surface area contributed by atoms with E-state index >= 15 is 0 Å². The van der Waals surface area contributed by atoms with Crippen molar-refractivity contribution in [2.75, 3.05) is 11.1 Å². The van der Waals surface area contributed by atoms with Gasteiger partial charge in [-0.2, -0.15) is 0 Å². The number of hydrogen-bond donors (Lipinski definition) is 2. The first kappa shape index (κ1) is 12.7. The van der Waals surface area contributed by atoms with Crippen LogP contribution in [0.2, 0.25) is 0 Å². The third kappa shape index (κ3) is 3.32. The van der Waals surface area contributed by atoms with E-state index in [-0.39, 0.29) is 15.8 Å². The van der Waals surface area contributed by atoms with Crippen LogP contribution in [0.5, 0.6) is 0 Å². The standard InChI is InChI=1S/C10H12N2O2S2/c1-2-7-16(13,14)9-5-3-8(4-6-9)12-10(11)15/h2-6H,1,7H2,(H3,11,12,15). The first-order chi connectivity index (χ1) is 7.45. The Morgan fingerprint density at radius 2 is 2.00 bits per heavy atom. The number of anilines is 1. The smallest absolute Gasteiger partial charge is 0.181 e. The largest absolute Gasteiger partial charge is 0.376 e. The highest BCUT2D eigenvalue weighted by molar-refractivity contribution is 7.91. The Bertz CT molecular complexity index is 492. The lowest BCUT2D eigenvalue weighted by molar-refractivity contribution is 0.599. The normalized spacial score (nSPS) is 10.8. The summed E-state index contributed by atoms with van der Waals surface area (Å²) in [5.74, 6) is -0.0743. The van der Waals surface area contributed by atoms with Crippen molar-refractivity contribution in [3.63, 3.8) is 0 Å². The molecule has 86 valence electrons. The van der Waals surface area contributed by atoms with Gasteiger partial charge in [-0.3, -0.25) is 0 Å². The van der Waals surface area contributed by atoms with Crippen molar-refractivity contribution in [3.05, 3.63) is 36.9 Å². The third-order valence-corrected chi connectivity index (χ3v) is 3.59. The van der Waals surface area contributed by atoms with Gasteiger partial charge in [-0.25, -0.2) is 8.42 Å². The Morgan fingerprint density at radius 1 is 1.44 bits per heavy atom. The minimum Gasteiger partial charge on any atom is -0.376 e. The molecule has 0 bridgehead atoms. The van der Waals surface area contributed by atoms with Crippen molar-refractivity contribution in [1.82, 2.24) is 0 Å². The molecule has 0 radical (unpaired) electrons. The van der Waals surface area contributed by atoms with E-state index in [1.165, 1.54) is 18.2 Å². The van der Waals surface area contributed by atoms with E-state index < -0.39 is 9.84 Å². The summed E-state index contributed by atoms with van der Waals surface area (Å²) >= 11 is 4.66. The molecule has 0 saturated carbocycles. The quantitative estimate of drug-likeness (QED) is 0.627. The highest BCUT2D eigenvalue weighted by atomic mass is 32.2. The molecule has 0 unspecified atom stereocenters. The lowest BCUT2D eigenvalue weighted by Crippen LogP contribution is -2.18.